The summed E-state index contributed by atoms with van der Waals surface area (Å²) >= 11 is 0. The molecule has 2 atom stereocenters. The largest absolute Gasteiger partial charge is 0.396 e. The van der Waals surface area contributed by atoms with E-state index in [1.165, 1.54) is 12.1 Å². The quantitative estimate of drug-likeness (QED) is 0.746. The first kappa shape index (κ1) is 17.0. The standard InChI is InChI=1S/C16H15FN2O2.C2H6/c17-12-6-5-10(7-13(12)18)16(21)19-15-11-4-2-1-3-9(11)8-14(15)20;1-2/h1-7,14-15,20H,8,18H2,(H,19,21);1-2H3. The summed E-state index contributed by atoms with van der Waals surface area (Å²) in [5, 5.41) is 12.9. The normalized spacial score (nSPS) is 18.6. The average molecular weight is 316 g/mol. The molecule has 122 valence electrons. The molecule has 0 bridgehead atoms. The number of carbonyl (C=O) groups excluding carboxylic acids is 1. The van der Waals surface area contributed by atoms with Gasteiger partial charge in [0.1, 0.15) is 5.82 Å². The number of benzene rings is 2. The molecule has 2 aromatic rings. The number of carbonyl (C=O) groups is 1. The smallest absolute Gasteiger partial charge is 0.251 e. The van der Waals surface area contributed by atoms with Crippen LogP contribution >= 0.6 is 0 Å². The van der Waals surface area contributed by atoms with Crippen LogP contribution in [0.5, 0.6) is 0 Å². The molecule has 1 aliphatic rings. The van der Waals surface area contributed by atoms with Crippen molar-refractivity contribution in [3.63, 3.8) is 0 Å². The number of rotatable bonds is 2. The number of hydrogen-bond donors (Lipinski definition) is 3. The number of nitrogens with two attached hydrogens (primary N) is 1. The van der Waals surface area contributed by atoms with Gasteiger partial charge in [-0.1, -0.05) is 38.1 Å². The molecule has 5 heteroatoms. The predicted octanol–water partition coefficient (Wildman–Crippen LogP) is 2.82. The highest BCUT2D eigenvalue weighted by Crippen LogP contribution is 2.31. The van der Waals surface area contributed by atoms with Gasteiger partial charge in [-0.3, -0.25) is 4.79 Å². The molecule has 0 fully saturated rings. The lowest BCUT2D eigenvalue weighted by molar-refractivity contribution is 0.0858. The second kappa shape index (κ2) is 7.24. The van der Waals surface area contributed by atoms with Crippen molar-refractivity contribution in [2.45, 2.75) is 32.4 Å². The molecule has 0 spiro atoms. The Morgan fingerprint density at radius 3 is 2.65 bits per heavy atom. The minimum atomic E-state index is -0.663. The molecule has 1 aliphatic carbocycles. The Hall–Kier alpha value is -2.40. The van der Waals surface area contributed by atoms with Crippen LogP contribution in [0.25, 0.3) is 0 Å². The van der Waals surface area contributed by atoms with E-state index >= 15 is 0 Å². The monoisotopic (exact) mass is 316 g/mol. The highest BCUT2D eigenvalue weighted by atomic mass is 19.1. The average Bonchev–Trinajstić information content (AvgIpc) is 2.88. The lowest BCUT2D eigenvalue weighted by Gasteiger charge is -2.18. The van der Waals surface area contributed by atoms with Crippen molar-refractivity contribution < 1.29 is 14.3 Å². The fraction of sp³-hybridized carbons (Fsp3) is 0.278. The molecule has 2 unspecified atom stereocenters. The number of halogens is 1. The molecule has 1 amide bonds. The van der Waals surface area contributed by atoms with E-state index in [2.05, 4.69) is 5.32 Å². The van der Waals surface area contributed by atoms with Gasteiger partial charge in [-0.2, -0.15) is 0 Å². The van der Waals surface area contributed by atoms with E-state index in [4.69, 9.17) is 5.73 Å². The summed E-state index contributed by atoms with van der Waals surface area (Å²) in [5.41, 5.74) is 7.59. The molecule has 0 aromatic heterocycles. The summed E-state index contributed by atoms with van der Waals surface area (Å²) in [6.45, 7) is 4.00. The van der Waals surface area contributed by atoms with Gasteiger partial charge in [0.05, 0.1) is 17.8 Å². The molecule has 2 aromatic carbocycles. The zero-order chi connectivity index (χ0) is 17.0. The van der Waals surface area contributed by atoms with Gasteiger partial charge in [0, 0.05) is 12.0 Å². The first-order chi connectivity index (χ1) is 11.1. The van der Waals surface area contributed by atoms with E-state index in [0.29, 0.717) is 6.42 Å². The van der Waals surface area contributed by atoms with E-state index in [9.17, 15) is 14.3 Å². The fourth-order valence-corrected chi connectivity index (χ4v) is 2.66. The summed E-state index contributed by atoms with van der Waals surface area (Å²) in [6.07, 6.45) is -0.156. The van der Waals surface area contributed by atoms with Crippen molar-refractivity contribution >= 4 is 11.6 Å². The van der Waals surface area contributed by atoms with Crippen LogP contribution in [0.15, 0.2) is 42.5 Å². The lowest BCUT2D eigenvalue weighted by atomic mass is 10.1. The van der Waals surface area contributed by atoms with Crippen LogP contribution in [0, 0.1) is 5.82 Å². The summed E-state index contributed by atoms with van der Waals surface area (Å²) in [6, 6.07) is 10.9. The fourth-order valence-electron chi connectivity index (χ4n) is 2.66. The van der Waals surface area contributed by atoms with Gasteiger partial charge in [-0.15, -0.1) is 0 Å². The highest BCUT2D eigenvalue weighted by molar-refractivity contribution is 5.95. The summed E-state index contributed by atoms with van der Waals surface area (Å²) in [5.74, 6) is -0.944. The second-order valence-corrected chi connectivity index (χ2v) is 5.16. The maximum Gasteiger partial charge on any atom is 0.251 e. The maximum atomic E-state index is 13.1. The molecular weight excluding hydrogens is 295 g/mol. The van der Waals surface area contributed by atoms with Crippen molar-refractivity contribution in [3.8, 4) is 0 Å². The Balaban J connectivity index is 0.000000924. The molecule has 4 nitrogen and oxygen atoms in total. The highest BCUT2D eigenvalue weighted by Gasteiger charge is 2.32. The minimum absolute atomic E-state index is 0.0741. The predicted molar refractivity (Wildman–Crippen MR) is 88.5 cm³/mol. The van der Waals surface area contributed by atoms with Crippen molar-refractivity contribution in [3.05, 3.63) is 65.0 Å². The summed E-state index contributed by atoms with van der Waals surface area (Å²) < 4.78 is 13.1. The van der Waals surface area contributed by atoms with Crippen LogP contribution in [-0.4, -0.2) is 17.1 Å². The molecule has 3 rings (SSSR count). The van der Waals surface area contributed by atoms with Gasteiger partial charge >= 0.3 is 0 Å². The van der Waals surface area contributed by atoms with Gasteiger partial charge in [0.15, 0.2) is 0 Å². The van der Waals surface area contributed by atoms with Crippen LogP contribution < -0.4 is 11.1 Å². The second-order valence-electron chi connectivity index (χ2n) is 5.16. The number of nitrogens with one attached hydrogen (secondary N) is 1. The van der Waals surface area contributed by atoms with Gasteiger partial charge in [-0.25, -0.2) is 4.39 Å². The number of hydrogen-bond acceptors (Lipinski definition) is 3. The van der Waals surface area contributed by atoms with Crippen molar-refractivity contribution in [2.24, 2.45) is 0 Å². The Labute approximate surface area is 135 Å². The third kappa shape index (κ3) is 3.51. The summed E-state index contributed by atoms with van der Waals surface area (Å²) in [7, 11) is 0. The van der Waals surface area contributed by atoms with Gasteiger partial charge in [0.2, 0.25) is 0 Å². The number of anilines is 1. The Morgan fingerprint density at radius 2 is 1.96 bits per heavy atom. The van der Waals surface area contributed by atoms with E-state index in [1.54, 1.807) is 0 Å². The van der Waals surface area contributed by atoms with Crippen LogP contribution in [0.1, 0.15) is 41.4 Å². The molecule has 0 saturated carbocycles. The molecule has 0 heterocycles. The van der Waals surface area contributed by atoms with E-state index in [1.807, 2.05) is 38.1 Å². The van der Waals surface area contributed by atoms with Crippen molar-refractivity contribution in [1.82, 2.24) is 5.32 Å². The SMILES string of the molecule is CC.Nc1cc(C(=O)NC2c3ccccc3CC2O)ccc1F. The van der Waals surface area contributed by atoms with Crippen LogP contribution in [0.2, 0.25) is 0 Å². The molecular formula is C18H21FN2O2. The van der Waals surface area contributed by atoms with Gasteiger partial charge in [-0.05, 0) is 29.3 Å². The number of fused-ring (bicyclic) bond motifs is 1. The Kier molecular flexibility index (Phi) is 5.34. The first-order valence-corrected chi connectivity index (χ1v) is 7.68. The minimum Gasteiger partial charge on any atom is -0.396 e. The Bertz CT molecular complexity index is 703. The molecule has 0 saturated heterocycles. The van der Waals surface area contributed by atoms with Gasteiger partial charge < -0.3 is 16.2 Å². The first-order valence-electron chi connectivity index (χ1n) is 7.68. The third-order valence-electron chi connectivity index (χ3n) is 3.75. The number of aliphatic hydroxyl groups excluding tert-OH is 1. The zero-order valence-corrected chi connectivity index (χ0v) is 13.2. The Morgan fingerprint density at radius 1 is 1.26 bits per heavy atom. The van der Waals surface area contributed by atoms with Crippen LogP contribution in [0.4, 0.5) is 10.1 Å². The molecule has 0 aliphatic heterocycles. The third-order valence-corrected chi connectivity index (χ3v) is 3.75. The van der Waals surface area contributed by atoms with Crippen LogP contribution in [0.3, 0.4) is 0 Å². The zero-order valence-electron chi connectivity index (χ0n) is 13.2. The van der Waals surface area contributed by atoms with Crippen molar-refractivity contribution in [1.29, 1.82) is 0 Å². The van der Waals surface area contributed by atoms with E-state index in [0.717, 1.165) is 17.2 Å². The molecule has 23 heavy (non-hydrogen) atoms. The molecule has 4 N–H and O–H groups in total. The lowest BCUT2D eigenvalue weighted by Crippen LogP contribution is -2.33. The number of amides is 1. The molecule has 0 radical (unpaired) electrons. The summed E-state index contributed by atoms with van der Waals surface area (Å²) in [4.78, 5) is 12.2. The topological polar surface area (TPSA) is 75.4 Å². The van der Waals surface area contributed by atoms with E-state index in [-0.39, 0.29) is 17.2 Å². The van der Waals surface area contributed by atoms with Gasteiger partial charge in [0.25, 0.3) is 5.91 Å². The van der Waals surface area contributed by atoms with E-state index < -0.39 is 18.0 Å². The maximum absolute atomic E-state index is 13.1. The van der Waals surface area contributed by atoms with Crippen LogP contribution in [-0.2, 0) is 6.42 Å². The number of nitrogen functional groups attached to an aromatic ring is 1. The number of aliphatic hydroxyl groups is 1. The van der Waals surface area contributed by atoms with Crippen molar-refractivity contribution in [2.75, 3.05) is 5.73 Å².